The number of carbonyl (C=O) groups is 1. The topological polar surface area (TPSA) is 58.6 Å². The summed E-state index contributed by atoms with van der Waals surface area (Å²) in [5, 5.41) is 11.2. The highest BCUT2D eigenvalue weighted by Gasteiger charge is 2.02. The maximum absolute atomic E-state index is 10.2. The second kappa shape index (κ2) is 5.46. The fourth-order valence-electron chi connectivity index (χ4n) is 1.18. The predicted octanol–water partition coefficient (Wildman–Crippen LogP) is 2.16. The normalized spacial score (nSPS) is 9.73. The third kappa shape index (κ3) is 3.67. The van der Waals surface area contributed by atoms with Crippen molar-refractivity contribution in [2.75, 3.05) is 13.7 Å². The van der Waals surface area contributed by atoms with E-state index in [-0.39, 0.29) is 0 Å². The van der Waals surface area contributed by atoms with Gasteiger partial charge in [-0.3, -0.25) is 0 Å². The Labute approximate surface area is 92.8 Å². The summed E-state index contributed by atoms with van der Waals surface area (Å²) in [6.07, 6.45) is -0.412. The summed E-state index contributed by atoms with van der Waals surface area (Å²) in [6, 6.07) is 5.39. The molecule has 15 heavy (non-hydrogen) atoms. The average Bonchev–Trinajstić information content (AvgIpc) is 2.17. The van der Waals surface area contributed by atoms with Crippen LogP contribution in [0, 0.1) is 0 Å². The van der Waals surface area contributed by atoms with E-state index in [1.165, 1.54) is 0 Å². The number of carboxylic acid groups (broad SMARTS) is 1. The molecule has 0 spiro atoms. The van der Waals surface area contributed by atoms with Gasteiger partial charge >= 0.3 is 6.09 Å². The first-order chi connectivity index (χ1) is 7.13. The van der Waals surface area contributed by atoms with E-state index in [0.717, 1.165) is 5.56 Å². The number of hydrogen-bond acceptors (Lipinski definition) is 2. The first-order valence-electron chi connectivity index (χ1n) is 4.42. The molecule has 0 radical (unpaired) electrons. The zero-order valence-electron chi connectivity index (χ0n) is 8.29. The van der Waals surface area contributed by atoms with Crippen molar-refractivity contribution in [2.45, 2.75) is 6.42 Å². The number of amides is 1. The Kier molecular flexibility index (Phi) is 4.24. The Bertz CT molecular complexity index is 355. The number of rotatable bonds is 4. The Morgan fingerprint density at radius 1 is 1.60 bits per heavy atom. The molecule has 5 heteroatoms. The van der Waals surface area contributed by atoms with E-state index in [4.69, 9.17) is 21.4 Å². The Hall–Kier alpha value is -1.42. The molecular formula is C10H12ClNO3. The zero-order valence-corrected chi connectivity index (χ0v) is 9.04. The van der Waals surface area contributed by atoms with Gasteiger partial charge in [-0.1, -0.05) is 17.7 Å². The highest BCUT2D eigenvalue weighted by atomic mass is 35.5. The molecule has 0 saturated carbocycles. The maximum Gasteiger partial charge on any atom is 0.404 e. The van der Waals surface area contributed by atoms with Crippen LogP contribution in [-0.4, -0.2) is 24.9 Å². The third-order valence-corrected chi connectivity index (χ3v) is 2.20. The van der Waals surface area contributed by atoms with Crippen molar-refractivity contribution < 1.29 is 14.6 Å². The van der Waals surface area contributed by atoms with Gasteiger partial charge in [-0.25, -0.2) is 4.79 Å². The van der Waals surface area contributed by atoms with Crippen LogP contribution in [0.4, 0.5) is 4.79 Å². The Morgan fingerprint density at radius 3 is 2.87 bits per heavy atom. The number of halogens is 1. The van der Waals surface area contributed by atoms with Crippen LogP contribution in [0.5, 0.6) is 5.75 Å². The summed E-state index contributed by atoms with van der Waals surface area (Å²) in [5.74, 6) is 0.617. The Morgan fingerprint density at radius 2 is 2.33 bits per heavy atom. The molecular weight excluding hydrogens is 218 g/mol. The van der Waals surface area contributed by atoms with Crippen LogP contribution >= 0.6 is 11.6 Å². The van der Waals surface area contributed by atoms with E-state index in [1.807, 2.05) is 6.07 Å². The lowest BCUT2D eigenvalue weighted by atomic mass is 10.1. The summed E-state index contributed by atoms with van der Waals surface area (Å²) < 4.78 is 5.00. The Balaban J connectivity index is 2.55. The van der Waals surface area contributed by atoms with Gasteiger partial charge < -0.3 is 15.2 Å². The van der Waals surface area contributed by atoms with Gasteiger partial charge in [-0.2, -0.15) is 0 Å². The molecule has 0 fully saturated rings. The molecule has 0 heterocycles. The molecule has 0 atom stereocenters. The second-order valence-corrected chi connectivity index (χ2v) is 3.36. The summed E-state index contributed by atoms with van der Waals surface area (Å²) in [7, 11) is 1.55. The predicted molar refractivity (Wildman–Crippen MR) is 57.7 cm³/mol. The van der Waals surface area contributed by atoms with E-state index in [1.54, 1.807) is 19.2 Å². The number of hydrogen-bond donors (Lipinski definition) is 2. The molecule has 4 nitrogen and oxygen atoms in total. The smallest absolute Gasteiger partial charge is 0.404 e. The number of benzene rings is 1. The molecule has 1 amide bonds. The molecule has 1 aromatic rings. The van der Waals surface area contributed by atoms with Crippen LogP contribution in [0.15, 0.2) is 18.2 Å². The minimum absolute atomic E-state index is 0.373. The molecule has 0 aliphatic heterocycles. The van der Waals surface area contributed by atoms with Gasteiger partial charge in [0.15, 0.2) is 0 Å². The van der Waals surface area contributed by atoms with Crippen LogP contribution < -0.4 is 10.1 Å². The van der Waals surface area contributed by atoms with Crippen molar-refractivity contribution in [2.24, 2.45) is 0 Å². The molecule has 0 saturated heterocycles. The fraction of sp³-hybridized carbons (Fsp3) is 0.300. The monoisotopic (exact) mass is 229 g/mol. The molecule has 0 aromatic heterocycles. The molecule has 2 N–H and O–H groups in total. The molecule has 1 rings (SSSR count). The molecule has 0 unspecified atom stereocenters. The van der Waals surface area contributed by atoms with E-state index in [0.29, 0.717) is 23.7 Å². The second-order valence-electron chi connectivity index (χ2n) is 2.95. The van der Waals surface area contributed by atoms with E-state index < -0.39 is 6.09 Å². The first-order valence-corrected chi connectivity index (χ1v) is 4.80. The van der Waals surface area contributed by atoms with Crippen LogP contribution in [0.25, 0.3) is 0 Å². The number of ether oxygens (including phenoxy) is 1. The van der Waals surface area contributed by atoms with Crippen molar-refractivity contribution in [1.82, 2.24) is 5.32 Å². The molecule has 0 aliphatic carbocycles. The summed E-state index contributed by atoms with van der Waals surface area (Å²) in [4.78, 5) is 10.2. The van der Waals surface area contributed by atoms with Crippen molar-refractivity contribution in [3.8, 4) is 5.75 Å². The van der Waals surface area contributed by atoms with E-state index >= 15 is 0 Å². The van der Waals surface area contributed by atoms with Crippen molar-refractivity contribution in [3.63, 3.8) is 0 Å². The summed E-state index contributed by atoms with van der Waals surface area (Å²) >= 11 is 5.91. The van der Waals surface area contributed by atoms with Crippen molar-refractivity contribution in [1.29, 1.82) is 0 Å². The van der Waals surface area contributed by atoms with Crippen LogP contribution in [0.3, 0.4) is 0 Å². The summed E-state index contributed by atoms with van der Waals surface area (Å²) in [6.45, 7) is 0.373. The van der Waals surface area contributed by atoms with Crippen LogP contribution in [0.2, 0.25) is 5.02 Å². The van der Waals surface area contributed by atoms with Crippen molar-refractivity contribution in [3.05, 3.63) is 28.8 Å². The van der Waals surface area contributed by atoms with Crippen LogP contribution in [0.1, 0.15) is 5.56 Å². The summed E-state index contributed by atoms with van der Waals surface area (Å²) in [5.41, 5.74) is 0.967. The molecule has 0 bridgehead atoms. The standard InChI is InChI=1S/C10H12ClNO3/c1-15-9-3-2-7(6-8(9)11)4-5-12-10(13)14/h2-3,6,12H,4-5H2,1H3,(H,13,14). The van der Waals surface area contributed by atoms with Gasteiger partial charge in [0.25, 0.3) is 0 Å². The van der Waals surface area contributed by atoms with Gasteiger partial charge in [0, 0.05) is 6.54 Å². The zero-order chi connectivity index (χ0) is 11.3. The molecule has 0 aliphatic rings. The maximum atomic E-state index is 10.2. The van der Waals surface area contributed by atoms with Gasteiger partial charge in [-0.05, 0) is 24.1 Å². The SMILES string of the molecule is COc1ccc(CCNC(=O)O)cc1Cl. The van der Waals surface area contributed by atoms with Gasteiger partial charge in [-0.15, -0.1) is 0 Å². The highest BCUT2D eigenvalue weighted by molar-refractivity contribution is 6.32. The molecule has 82 valence electrons. The van der Waals surface area contributed by atoms with Gasteiger partial charge in [0.2, 0.25) is 0 Å². The van der Waals surface area contributed by atoms with Gasteiger partial charge in [0.05, 0.1) is 12.1 Å². The first kappa shape index (κ1) is 11.7. The fourth-order valence-corrected chi connectivity index (χ4v) is 1.46. The van der Waals surface area contributed by atoms with Crippen LogP contribution in [-0.2, 0) is 6.42 Å². The minimum Gasteiger partial charge on any atom is -0.495 e. The van der Waals surface area contributed by atoms with E-state index in [9.17, 15) is 4.79 Å². The van der Waals surface area contributed by atoms with E-state index in [2.05, 4.69) is 5.32 Å². The largest absolute Gasteiger partial charge is 0.495 e. The third-order valence-electron chi connectivity index (χ3n) is 1.91. The quantitative estimate of drug-likeness (QED) is 0.832. The molecule has 1 aromatic carbocycles. The van der Waals surface area contributed by atoms with Crippen molar-refractivity contribution >= 4 is 17.7 Å². The number of nitrogens with one attached hydrogen (secondary N) is 1. The lowest BCUT2D eigenvalue weighted by Gasteiger charge is -2.05. The number of methoxy groups -OCH3 is 1. The minimum atomic E-state index is -1.02. The highest BCUT2D eigenvalue weighted by Crippen LogP contribution is 2.24. The lowest BCUT2D eigenvalue weighted by molar-refractivity contribution is 0.194. The van der Waals surface area contributed by atoms with Gasteiger partial charge in [0.1, 0.15) is 5.75 Å². The lowest BCUT2D eigenvalue weighted by Crippen LogP contribution is -2.23. The average molecular weight is 230 g/mol.